The van der Waals surface area contributed by atoms with Crippen molar-refractivity contribution in [3.8, 4) is 0 Å². The fraction of sp³-hybridized carbons (Fsp3) is 0.474. The van der Waals surface area contributed by atoms with Crippen LogP contribution < -0.4 is 0 Å². The molecule has 0 saturated carbocycles. The normalized spacial score (nSPS) is 15.7. The second kappa shape index (κ2) is 7.23. The Kier molecular flexibility index (Phi) is 5.57. The number of aliphatic hydroxyl groups excluding tert-OH is 3. The molecule has 0 aliphatic rings. The van der Waals surface area contributed by atoms with Crippen LogP contribution in [0.2, 0.25) is 0 Å². The number of hydrogen-bond acceptors (Lipinski definition) is 3. The molecule has 0 spiro atoms. The van der Waals surface area contributed by atoms with Gasteiger partial charge in [-0.05, 0) is 27.5 Å². The highest BCUT2D eigenvalue weighted by atomic mass is 16.3. The molecule has 3 N–H and O–H groups in total. The number of rotatable bonds is 6. The molecule has 3 heteroatoms. The van der Waals surface area contributed by atoms with E-state index in [4.69, 9.17) is 0 Å². The molecular weight excluding hydrogens is 276 g/mol. The molecule has 0 fully saturated rings. The Morgan fingerprint density at radius 2 is 1.32 bits per heavy atom. The van der Waals surface area contributed by atoms with Crippen LogP contribution in [0, 0.1) is 0 Å². The average Bonchev–Trinajstić information content (AvgIpc) is 2.57. The minimum Gasteiger partial charge on any atom is -0.396 e. The lowest BCUT2D eigenvalue weighted by atomic mass is 9.87. The molecule has 0 bridgehead atoms. The molecule has 2 aromatic carbocycles. The Hall–Kier alpha value is -1.42. The van der Waals surface area contributed by atoms with Crippen molar-refractivity contribution in [2.45, 2.75) is 38.5 Å². The van der Waals surface area contributed by atoms with Crippen LogP contribution in [0.15, 0.2) is 30.3 Å². The number of benzene rings is 2. The van der Waals surface area contributed by atoms with Crippen LogP contribution in [0.25, 0.3) is 10.8 Å². The maximum absolute atomic E-state index is 9.57. The van der Waals surface area contributed by atoms with E-state index in [2.05, 4.69) is 24.3 Å². The molecule has 0 radical (unpaired) electrons. The van der Waals surface area contributed by atoms with Crippen molar-refractivity contribution in [1.82, 2.24) is 0 Å². The van der Waals surface area contributed by atoms with Gasteiger partial charge in [0.15, 0.2) is 0 Å². The third-order valence-corrected chi connectivity index (χ3v) is 4.52. The van der Waals surface area contributed by atoms with Gasteiger partial charge in [0.05, 0.1) is 0 Å². The smallest absolute Gasteiger partial charge is 0.0497 e. The van der Waals surface area contributed by atoms with Crippen LogP contribution in [0.3, 0.4) is 0 Å². The Bertz CT molecular complexity index is 636. The molecule has 0 saturated heterocycles. The molecule has 0 aliphatic heterocycles. The number of fused-ring (bicyclic) bond motifs is 1. The summed E-state index contributed by atoms with van der Waals surface area (Å²) in [5.74, 6) is 0.204. The summed E-state index contributed by atoms with van der Waals surface area (Å²) in [5, 5.41) is 30.6. The Labute approximate surface area is 132 Å². The molecule has 22 heavy (non-hydrogen) atoms. The summed E-state index contributed by atoms with van der Waals surface area (Å²) < 4.78 is 0. The SMILES string of the molecule is CC(CO)c1cc(C(C)CO)c2cc(C(C)CO)ccc2c1. The highest BCUT2D eigenvalue weighted by Crippen LogP contribution is 2.32. The van der Waals surface area contributed by atoms with Gasteiger partial charge in [-0.15, -0.1) is 0 Å². The average molecular weight is 302 g/mol. The van der Waals surface area contributed by atoms with E-state index in [9.17, 15) is 15.3 Å². The van der Waals surface area contributed by atoms with Gasteiger partial charge in [0.25, 0.3) is 0 Å². The lowest BCUT2D eigenvalue weighted by Gasteiger charge is -2.19. The highest BCUT2D eigenvalue weighted by Gasteiger charge is 2.15. The maximum Gasteiger partial charge on any atom is 0.0497 e. The summed E-state index contributed by atoms with van der Waals surface area (Å²) in [5.41, 5.74) is 3.29. The van der Waals surface area contributed by atoms with Crippen molar-refractivity contribution >= 4 is 10.8 Å². The first-order valence-corrected chi connectivity index (χ1v) is 7.91. The van der Waals surface area contributed by atoms with Crippen molar-refractivity contribution in [3.63, 3.8) is 0 Å². The van der Waals surface area contributed by atoms with E-state index < -0.39 is 0 Å². The number of aliphatic hydroxyl groups is 3. The van der Waals surface area contributed by atoms with Gasteiger partial charge in [0.2, 0.25) is 0 Å². The summed E-state index contributed by atoms with van der Waals surface area (Å²) in [6.45, 7) is 6.32. The van der Waals surface area contributed by atoms with E-state index in [0.717, 1.165) is 27.5 Å². The van der Waals surface area contributed by atoms with Gasteiger partial charge in [-0.25, -0.2) is 0 Å². The molecule has 3 unspecified atom stereocenters. The molecule has 0 aliphatic carbocycles. The predicted octanol–water partition coefficient (Wildman–Crippen LogP) is 3.13. The third kappa shape index (κ3) is 3.32. The molecule has 2 aromatic rings. The molecule has 3 atom stereocenters. The van der Waals surface area contributed by atoms with Crippen LogP contribution >= 0.6 is 0 Å². The van der Waals surface area contributed by atoms with Gasteiger partial charge in [0, 0.05) is 37.6 Å². The van der Waals surface area contributed by atoms with Gasteiger partial charge in [-0.1, -0.05) is 51.1 Å². The summed E-state index contributed by atoms with van der Waals surface area (Å²) >= 11 is 0. The standard InChI is InChI=1S/C19H26O3/c1-12(9-20)15-4-5-16-6-17(13(2)10-21)8-18(14(3)11-22)19(16)7-15/h4-8,12-14,20-22H,9-11H2,1-3H3. The Balaban J connectivity index is 2.65. The third-order valence-electron chi connectivity index (χ3n) is 4.52. The zero-order valence-corrected chi connectivity index (χ0v) is 13.6. The zero-order chi connectivity index (χ0) is 16.3. The van der Waals surface area contributed by atoms with Crippen molar-refractivity contribution in [3.05, 3.63) is 47.0 Å². The molecule has 0 aromatic heterocycles. The zero-order valence-electron chi connectivity index (χ0n) is 13.6. The van der Waals surface area contributed by atoms with Crippen molar-refractivity contribution in [2.75, 3.05) is 19.8 Å². The Morgan fingerprint density at radius 1 is 0.727 bits per heavy atom. The molecule has 3 nitrogen and oxygen atoms in total. The molecule has 0 heterocycles. The lowest BCUT2D eigenvalue weighted by molar-refractivity contribution is 0.270. The predicted molar refractivity (Wildman–Crippen MR) is 90.5 cm³/mol. The van der Waals surface area contributed by atoms with Crippen LogP contribution in [-0.2, 0) is 0 Å². The van der Waals surface area contributed by atoms with Gasteiger partial charge in [-0.2, -0.15) is 0 Å². The highest BCUT2D eigenvalue weighted by molar-refractivity contribution is 5.88. The monoisotopic (exact) mass is 302 g/mol. The van der Waals surface area contributed by atoms with Crippen molar-refractivity contribution in [2.24, 2.45) is 0 Å². The largest absolute Gasteiger partial charge is 0.396 e. The van der Waals surface area contributed by atoms with E-state index in [-0.39, 0.29) is 37.6 Å². The van der Waals surface area contributed by atoms with Crippen molar-refractivity contribution < 1.29 is 15.3 Å². The summed E-state index contributed by atoms with van der Waals surface area (Å²) in [7, 11) is 0. The molecule has 0 amide bonds. The minimum absolute atomic E-state index is 0.0352. The molecule has 2 rings (SSSR count). The first-order valence-electron chi connectivity index (χ1n) is 7.91. The van der Waals surface area contributed by atoms with Gasteiger partial charge in [0.1, 0.15) is 0 Å². The van der Waals surface area contributed by atoms with Gasteiger partial charge in [-0.3, -0.25) is 0 Å². The fourth-order valence-corrected chi connectivity index (χ4v) is 2.74. The Morgan fingerprint density at radius 3 is 1.91 bits per heavy atom. The van der Waals surface area contributed by atoms with Crippen LogP contribution in [0.4, 0.5) is 0 Å². The summed E-state index contributed by atoms with van der Waals surface area (Å²) in [4.78, 5) is 0. The van der Waals surface area contributed by atoms with Crippen LogP contribution in [-0.4, -0.2) is 35.1 Å². The first kappa shape index (κ1) is 16.9. The first-order chi connectivity index (χ1) is 10.5. The van der Waals surface area contributed by atoms with E-state index in [1.54, 1.807) is 0 Å². The van der Waals surface area contributed by atoms with Crippen molar-refractivity contribution in [1.29, 1.82) is 0 Å². The summed E-state index contributed by atoms with van der Waals surface area (Å²) in [6, 6.07) is 10.4. The lowest BCUT2D eigenvalue weighted by Crippen LogP contribution is -2.05. The second-order valence-corrected chi connectivity index (χ2v) is 6.34. The minimum atomic E-state index is 0.0352. The van der Waals surface area contributed by atoms with E-state index in [1.807, 2.05) is 26.8 Å². The topological polar surface area (TPSA) is 60.7 Å². The summed E-state index contributed by atoms with van der Waals surface area (Å²) in [6.07, 6.45) is 0. The quantitative estimate of drug-likeness (QED) is 0.768. The molecule has 120 valence electrons. The molecular formula is C19H26O3. The van der Waals surface area contributed by atoms with Crippen LogP contribution in [0.1, 0.15) is 55.2 Å². The van der Waals surface area contributed by atoms with E-state index in [1.165, 1.54) is 0 Å². The number of hydrogen-bond donors (Lipinski definition) is 3. The van der Waals surface area contributed by atoms with Gasteiger partial charge >= 0.3 is 0 Å². The van der Waals surface area contributed by atoms with E-state index >= 15 is 0 Å². The van der Waals surface area contributed by atoms with Crippen LogP contribution in [0.5, 0.6) is 0 Å². The second-order valence-electron chi connectivity index (χ2n) is 6.34. The van der Waals surface area contributed by atoms with Gasteiger partial charge < -0.3 is 15.3 Å². The van der Waals surface area contributed by atoms with E-state index in [0.29, 0.717) is 0 Å². The maximum atomic E-state index is 9.57. The fourth-order valence-electron chi connectivity index (χ4n) is 2.74.